The van der Waals surface area contributed by atoms with E-state index in [0.29, 0.717) is 0 Å². The highest BCUT2D eigenvalue weighted by Crippen LogP contribution is 2.17. The Bertz CT molecular complexity index is 371. The van der Waals surface area contributed by atoms with Gasteiger partial charge in [-0.15, -0.1) is 0 Å². The first-order chi connectivity index (χ1) is 5.88. The molecule has 0 bridgehead atoms. The summed E-state index contributed by atoms with van der Waals surface area (Å²) in [4.78, 5) is 7.80. The average Bonchev–Trinajstić information content (AvgIpc) is 2.57. The molecule has 0 aliphatic heterocycles. The molecular weight excluding hydrogens is 220 g/mol. The fourth-order valence-electron chi connectivity index (χ4n) is 0.886. The number of nitrogens with zero attached hydrogens (tertiary/aromatic N) is 4. The molecule has 0 N–H and O–H groups in total. The van der Waals surface area contributed by atoms with Crippen LogP contribution in [-0.4, -0.2) is 19.7 Å². The summed E-state index contributed by atoms with van der Waals surface area (Å²) >= 11 is 3.37. The van der Waals surface area contributed by atoms with Crippen LogP contribution in [-0.2, 0) is 0 Å². The van der Waals surface area contributed by atoms with Gasteiger partial charge in [-0.05, 0) is 22.0 Å². The van der Waals surface area contributed by atoms with Crippen molar-refractivity contribution in [2.75, 3.05) is 0 Å². The van der Waals surface area contributed by atoms with Crippen LogP contribution in [0.15, 0.2) is 35.6 Å². The molecule has 2 rings (SSSR count). The van der Waals surface area contributed by atoms with Crippen molar-refractivity contribution in [3.8, 4) is 5.69 Å². The van der Waals surface area contributed by atoms with Gasteiger partial charge in [0.1, 0.15) is 12.7 Å². The molecule has 0 spiro atoms. The van der Waals surface area contributed by atoms with E-state index in [9.17, 15) is 0 Å². The van der Waals surface area contributed by atoms with Crippen LogP contribution in [0.2, 0.25) is 0 Å². The summed E-state index contributed by atoms with van der Waals surface area (Å²) in [5.41, 5.74) is 0.933. The van der Waals surface area contributed by atoms with Gasteiger partial charge in [0, 0.05) is 12.4 Å². The summed E-state index contributed by atoms with van der Waals surface area (Å²) in [6.45, 7) is 0. The molecule has 2 heterocycles. The van der Waals surface area contributed by atoms with Crippen LogP contribution in [0, 0.1) is 0 Å². The molecule has 0 radical (unpaired) electrons. The minimum absolute atomic E-state index is 0.899. The highest BCUT2D eigenvalue weighted by atomic mass is 79.9. The summed E-state index contributed by atoms with van der Waals surface area (Å²) in [6, 6.07) is 1.86. The number of hydrogen-bond acceptors (Lipinski definition) is 3. The number of aromatic nitrogens is 4. The fourth-order valence-corrected chi connectivity index (χ4v) is 1.32. The molecular formula is C7H5BrN4. The van der Waals surface area contributed by atoms with Gasteiger partial charge in [-0.2, -0.15) is 5.10 Å². The largest absolute Gasteiger partial charge is 0.263 e. The van der Waals surface area contributed by atoms with Gasteiger partial charge >= 0.3 is 0 Å². The van der Waals surface area contributed by atoms with Crippen molar-refractivity contribution in [3.05, 3.63) is 35.6 Å². The lowest BCUT2D eigenvalue weighted by atomic mass is 10.4. The number of halogens is 1. The molecule has 0 fully saturated rings. The predicted octanol–water partition coefficient (Wildman–Crippen LogP) is 1.42. The normalized spacial score (nSPS) is 10.1. The fraction of sp³-hybridized carbons (Fsp3) is 0. The van der Waals surface area contributed by atoms with Gasteiger partial charge in [0.25, 0.3) is 0 Å². The van der Waals surface area contributed by atoms with Crippen molar-refractivity contribution in [1.82, 2.24) is 19.7 Å². The molecule has 2 aromatic rings. The summed E-state index contributed by atoms with van der Waals surface area (Å²) in [5.74, 6) is 0. The lowest BCUT2D eigenvalue weighted by Gasteiger charge is -2.00. The number of rotatable bonds is 1. The Kier molecular flexibility index (Phi) is 1.87. The summed E-state index contributed by atoms with van der Waals surface area (Å²) < 4.78 is 2.57. The van der Waals surface area contributed by atoms with Gasteiger partial charge in [0.05, 0.1) is 10.2 Å². The first-order valence-corrected chi connectivity index (χ1v) is 4.12. The number of hydrogen-bond donors (Lipinski definition) is 0. The standard InChI is InChI=1S/C7H5BrN4/c8-6-3-9-2-1-7(6)12-5-10-4-11-12/h1-5H. The van der Waals surface area contributed by atoms with E-state index < -0.39 is 0 Å². The molecule has 0 amide bonds. The van der Waals surface area contributed by atoms with Crippen LogP contribution >= 0.6 is 15.9 Å². The SMILES string of the molecule is Brc1cnccc1-n1cncn1. The lowest BCUT2D eigenvalue weighted by molar-refractivity contribution is 0.871. The van der Waals surface area contributed by atoms with Crippen LogP contribution in [0.3, 0.4) is 0 Å². The first kappa shape index (κ1) is 7.42. The summed E-state index contributed by atoms with van der Waals surface area (Å²) in [6.07, 6.45) is 6.56. The van der Waals surface area contributed by atoms with Crippen molar-refractivity contribution in [2.45, 2.75) is 0 Å². The van der Waals surface area contributed by atoms with Crippen molar-refractivity contribution in [1.29, 1.82) is 0 Å². The smallest absolute Gasteiger partial charge is 0.138 e. The van der Waals surface area contributed by atoms with Crippen LogP contribution < -0.4 is 0 Å². The molecule has 12 heavy (non-hydrogen) atoms. The molecule has 0 saturated carbocycles. The molecule has 0 aliphatic rings. The molecule has 60 valence electrons. The van der Waals surface area contributed by atoms with Gasteiger partial charge in [0.15, 0.2) is 0 Å². The third kappa shape index (κ3) is 1.23. The van der Waals surface area contributed by atoms with Gasteiger partial charge in [0.2, 0.25) is 0 Å². The van der Waals surface area contributed by atoms with E-state index in [-0.39, 0.29) is 0 Å². The Morgan fingerprint density at radius 2 is 2.25 bits per heavy atom. The Hall–Kier alpha value is -1.23. The zero-order valence-electron chi connectivity index (χ0n) is 6.05. The summed E-state index contributed by atoms with van der Waals surface area (Å²) in [5, 5.41) is 4.00. The number of pyridine rings is 1. The monoisotopic (exact) mass is 224 g/mol. The van der Waals surface area contributed by atoms with Crippen LogP contribution in [0.1, 0.15) is 0 Å². The zero-order chi connectivity index (χ0) is 8.39. The van der Waals surface area contributed by atoms with E-state index in [1.165, 1.54) is 6.33 Å². The lowest BCUT2D eigenvalue weighted by Crippen LogP contribution is -1.95. The van der Waals surface area contributed by atoms with Crippen LogP contribution in [0.4, 0.5) is 0 Å². The van der Waals surface area contributed by atoms with Crippen molar-refractivity contribution >= 4 is 15.9 Å². The Morgan fingerprint density at radius 3 is 2.92 bits per heavy atom. The molecule has 4 nitrogen and oxygen atoms in total. The molecule has 0 saturated heterocycles. The highest BCUT2D eigenvalue weighted by molar-refractivity contribution is 9.10. The predicted molar refractivity (Wildman–Crippen MR) is 46.9 cm³/mol. The maximum Gasteiger partial charge on any atom is 0.138 e. The Morgan fingerprint density at radius 1 is 1.33 bits per heavy atom. The zero-order valence-corrected chi connectivity index (χ0v) is 7.64. The van der Waals surface area contributed by atoms with Crippen LogP contribution in [0.25, 0.3) is 5.69 Å². The Balaban J connectivity index is 2.55. The molecule has 2 aromatic heterocycles. The second-order valence-corrected chi connectivity index (χ2v) is 3.02. The van der Waals surface area contributed by atoms with Gasteiger partial charge in [-0.3, -0.25) is 4.98 Å². The van der Waals surface area contributed by atoms with E-state index in [0.717, 1.165) is 10.2 Å². The van der Waals surface area contributed by atoms with E-state index in [1.54, 1.807) is 23.4 Å². The van der Waals surface area contributed by atoms with E-state index in [4.69, 9.17) is 0 Å². The second-order valence-electron chi connectivity index (χ2n) is 2.17. The Labute approximate surface area is 77.4 Å². The van der Waals surface area contributed by atoms with Gasteiger partial charge in [-0.25, -0.2) is 9.67 Å². The van der Waals surface area contributed by atoms with Crippen molar-refractivity contribution in [3.63, 3.8) is 0 Å². The van der Waals surface area contributed by atoms with E-state index >= 15 is 0 Å². The van der Waals surface area contributed by atoms with Gasteiger partial charge in [-0.1, -0.05) is 0 Å². The highest BCUT2D eigenvalue weighted by Gasteiger charge is 2.00. The maximum absolute atomic E-state index is 4.00. The average molecular weight is 225 g/mol. The second kappa shape index (κ2) is 3.02. The minimum atomic E-state index is 0.899. The minimum Gasteiger partial charge on any atom is -0.263 e. The van der Waals surface area contributed by atoms with E-state index in [2.05, 4.69) is 31.0 Å². The van der Waals surface area contributed by atoms with Gasteiger partial charge < -0.3 is 0 Å². The topological polar surface area (TPSA) is 43.6 Å². The third-order valence-corrected chi connectivity index (χ3v) is 2.03. The molecule has 0 atom stereocenters. The molecule has 0 aliphatic carbocycles. The first-order valence-electron chi connectivity index (χ1n) is 3.32. The molecule has 5 heteroatoms. The van der Waals surface area contributed by atoms with Crippen molar-refractivity contribution < 1.29 is 0 Å². The van der Waals surface area contributed by atoms with Crippen molar-refractivity contribution in [2.24, 2.45) is 0 Å². The molecule has 0 unspecified atom stereocenters. The molecule has 0 aromatic carbocycles. The quantitative estimate of drug-likeness (QED) is 0.737. The van der Waals surface area contributed by atoms with E-state index in [1.807, 2.05) is 6.07 Å². The summed E-state index contributed by atoms with van der Waals surface area (Å²) in [7, 11) is 0. The third-order valence-electron chi connectivity index (χ3n) is 1.42. The maximum atomic E-state index is 4.00. The van der Waals surface area contributed by atoms with Crippen LogP contribution in [0.5, 0.6) is 0 Å².